The highest BCUT2D eigenvalue weighted by atomic mass is 35.5. The first-order valence-electron chi connectivity index (χ1n) is 10.5. The van der Waals surface area contributed by atoms with Crippen LogP contribution in [0.2, 0.25) is 5.02 Å². The first-order chi connectivity index (χ1) is 15.2. The molecule has 1 aromatic heterocycles. The Hall–Kier alpha value is -2.89. The van der Waals surface area contributed by atoms with E-state index >= 15 is 0 Å². The van der Waals surface area contributed by atoms with Crippen LogP contribution in [0.25, 0.3) is 11.0 Å². The van der Waals surface area contributed by atoms with E-state index in [9.17, 15) is 0 Å². The zero-order valence-corrected chi connectivity index (χ0v) is 19.3. The number of nitrogens with zero attached hydrogens (tertiary/aromatic N) is 2. The van der Waals surface area contributed by atoms with Gasteiger partial charge in [0, 0.05) is 18.1 Å². The minimum atomic E-state index is 0. The topological polar surface area (TPSA) is 52.2 Å². The highest BCUT2D eigenvalue weighted by Crippen LogP contribution is 2.17. The van der Waals surface area contributed by atoms with Gasteiger partial charge in [-0.2, -0.15) is 0 Å². The maximum Gasteiger partial charge on any atom is 0.202 e. The molecule has 0 fully saturated rings. The Morgan fingerprint density at radius 1 is 0.656 bits per heavy atom. The molecule has 3 aromatic carbocycles. The molecule has 4 aromatic rings. The lowest BCUT2D eigenvalue weighted by Gasteiger charge is -2.08. The number of aryl methyl sites for hydroxylation is 2. The molecular weight excluding hydrogens is 445 g/mol. The molecular formula is C25H27Cl2N3O2. The fourth-order valence-electron chi connectivity index (χ4n) is 3.62. The Morgan fingerprint density at radius 3 is 1.66 bits per heavy atom. The van der Waals surface area contributed by atoms with Crippen molar-refractivity contribution in [2.75, 3.05) is 13.2 Å². The highest BCUT2D eigenvalue weighted by molar-refractivity contribution is 6.30. The molecule has 0 saturated heterocycles. The molecule has 0 saturated carbocycles. The summed E-state index contributed by atoms with van der Waals surface area (Å²) in [4.78, 5) is 0. The lowest BCUT2D eigenvalue weighted by atomic mass is 10.3. The Kier molecular flexibility index (Phi) is 8.65. The summed E-state index contributed by atoms with van der Waals surface area (Å²) in [6.45, 7) is 2.66. The molecule has 0 aliphatic rings. The van der Waals surface area contributed by atoms with Crippen LogP contribution in [0, 0.1) is 5.41 Å². The lowest BCUT2D eigenvalue weighted by molar-refractivity contribution is 0.297. The van der Waals surface area contributed by atoms with Crippen molar-refractivity contribution in [1.82, 2.24) is 9.13 Å². The summed E-state index contributed by atoms with van der Waals surface area (Å²) in [6, 6.07) is 25.4. The standard InChI is InChI=1S/C25H26ClN3O2.ClH/c26-20-12-14-22(15-13-20)31-19-7-17-29-24-11-5-4-10-23(24)28(25(29)27)16-6-18-30-21-8-2-1-3-9-21;/h1-5,8-15,27H,6-7,16-19H2;1H. The van der Waals surface area contributed by atoms with Crippen LogP contribution in [-0.4, -0.2) is 22.3 Å². The summed E-state index contributed by atoms with van der Waals surface area (Å²) in [5.41, 5.74) is 2.65. The Balaban J connectivity index is 0.00000289. The second kappa shape index (κ2) is 11.7. The summed E-state index contributed by atoms with van der Waals surface area (Å²) < 4.78 is 15.7. The van der Waals surface area contributed by atoms with Gasteiger partial charge in [-0.25, -0.2) is 0 Å². The Morgan fingerprint density at radius 2 is 1.12 bits per heavy atom. The Bertz CT molecular complexity index is 1170. The number of fused-ring (bicyclic) bond motifs is 1. The van der Waals surface area contributed by atoms with E-state index in [1.807, 2.05) is 66.7 Å². The first-order valence-corrected chi connectivity index (χ1v) is 10.9. The number of ether oxygens (including phenoxy) is 2. The summed E-state index contributed by atoms with van der Waals surface area (Å²) in [5.74, 6) is 1.68. The maximum absolute atomic E-state index is 8.73. The number of benzene rings is 3. The minimum absolute atomic E-state index is 0. The number of rotatable bonds is 10. The lowest BCUT2D eigenvalue weighted by Crippen LogP contribution is -2.26. The van der Waals surface area contributed by atoms with E-state index in [4.69, 9.17) is 26.5 Å². The van der Waals surface area contributed by atoms with E-state index in [1.165, 1.54) is 0 Å². The molecule has 0 bridgehead atoms. The number of halogens is 2. The van der Waals surface area contributed by atoms with Gasteiger partial charge in [0.05, 0.1) is 24.2 Å². The third-order valence-corrected chi connectivity index (χ3v) is 5.37. The summed E-state index contributed by atoms with van der Waals surface area (Å²) in [7, 11) is 0. The summed E-state index contributed by atoms with van der Waals surface area (Å²) in [5, 5.41) is 9.43. The average molecular weight is 472 g/mol. The van der Waals surface area contributed by atoms with Gasteiger partial charge in [-0.15, -0.1) is 12.4 Å². The smallest absolute Gasteiger partial charge is 0.202 e. The van der Waals surface area contributed by atoms with Crippen molar-refractivity contribution in [3.05, 3.63) is 89.5 Å². The molecule has 1 heterocycles. The molecule has 0 unspecified atom stereocenters. The van der Waals surface area contributed by atoms with Gasteiger partial charge in [0.1, 0.15) is 11.5 Å². The average Bonchev–Trinajstić information content (AvgIpc) is 3.07. The number of hydrogen-bond donors (Lipinski definition) is 1. The molecule has 7 heteroatoms. The number of nitrogens with one attached hydrogen (secondary N) is 1. The molecule has 0 aliphatic carbocycles. The minimum Gasteiger partial charge on any atom is -0.494 e. The molecule has 32 heavy (non-hydrogen) atoms. The van der Waals surface area contributed by atoms with Gasteiger partial charge in [0.15, 0.2) is 0 Å². The van der Waals surface area contributed by atoms with E-state index < -0.39 is 0 Å². The molecule has 0 aliphatic heterocycles. The van der Waals surface area contributed by atoms with E-state index in [2.05, 4.69) is 21.3 Å². The monoisotopic (exact) mass is 471 g/mol. The number of hydrogen-bond acceptors (Lipinski definition) is 3. The predicted molar refractivity (Wildman–Crippen MR) is 131 cm³/mol. The van der Waals surface area contributed by atoms with Crippen molar-refractivity contribution in [2.45, 2.75) is 25.9 Å². The van der Waals surface area contributed by atoms with Crippen molar-refractivity contribution in [3.8, 4) is 11.5 Å². The van der Waals surface area contributed by atoms with E-state index in [1.54, 1.807) is 0 Å². The van der Waals surface area contributed by atoms with Crippen LogP contribution in [0.5, 0.6) is 11.5 Å². The normalized spacial score (nSPS) is 10.7. The highest BCUT2D eigenvalue weighted by Gasteiger charge is 2.10. The van der Waals surface area contributed by atoms with Crippen molar-refractivity contribution in [2.24, 2.45) is 0 Å². The molecule has 5 nitrogen and oxygen atoms in total. The van der Waals surface area contributed by atoms with Gasteiger partial charge >= 0.3 is 0 Å². The fraction of sp³-hybridized carbons (Fsp3) is 0.240. The predicted octanol–water partition coefficient (Wildman–Crippen LogP) is 5.94. The van der Waals surface area contributed by atoms with Gasteiger partial charge in [-0.3, -0.25) is 5.41 Å². The zero-order chi connectivity index (χ0) is 21.5. The van der Waals surface area contributed by atoms with Gasteiger partial charge in [-0.05, 0) is 61.4 Å². The van der Waals surface area contributed by atoms with Crippen LogP contribution in [0.1, 0.15) is 12.8 Å². The quantitative estimate of drug-likeness (QED) is 0.291. The largest absolute Gasteiger partial charge is 0.494 e. The molecule has 1 N–H and O–H groups in total. The van der Waals surface area contributed by atoms with Crippen LogP contribution in [-0.2, 0) is 13.1 Å². The van der Waals surface area contributed by atoms with Crippen LogP contribution in [0.3, 0.4) is 0 Å². The van der Waals surface area contributed by atoms with Crippen LogP contribution < -0.4 is 15.1 Å². The Labute approximate surface area is 199 Å². The molecule has 0 radical (unpaired) electrons. The number of aromatic nitrogens is 2. The van der Waals surface area contributed by atoms with Crippen LogP contribution in [0.4, 0.5) is 0 Å². The van der Waals surface area contributed by atoms with E-state index in [0.29, 0.717) is 23.9 Å². The maximum atomic E-state index is 8.73. The van der Waals surface area contributed by atoms with Crippen LogP contribution >= 0.6 is 24.0 Å². The third kappa shape index (κ3) is 5.87. The third-order valence-electron chi connectivity index (χ3n) is 5.12. The molecule has 0 amide bonds. The fourth-order valence-corrected chi connectivity index (χ4v) is 3.75. The van der Waals surface area contributed by atoms with E-state index in [0.717, 1.165) is 48.5 Å². The summed E-state index contributed by atoms with van der Waals surface area (Å²) in [6.07, 6.45) is 1.64. The van der Waals surface area contributed by atoms with Crippen molar-refractivity contribution >= 4 is 35.0 Å². The van der Waals surface area contributed by atoms with Crippen molar-refractivity contribution < 1.29 is 9.47 Å². The number of imidazole rings is 1. The first kappa shape index (κ1) is 23.8. The second-order valence-corrected chi connectivity index (χ2v) is 7.72. The van der Waals surface area contributed by atoms with Crippen molar-refractivity contribution in [3.63, 3.8) is 0 Å². The van der Waals surface area contributed by atoms with E-state index in [-0.39, 0.29) is 12.4 Å². The van der Waals surface area contributed by atoms with Gasteiger partial charge in [-0.1, -0.05) is 41.9 Å². The van der Waals surface area contributed by atoms with Gasteiger partial charge < -0.3 is 18.6 Å². The molecule has 168 valence electrons. The molecule has 4 rings (SSSR count). The number of para-hydroxylation sites is 3. The van der Waals surface area contributed by atoms with Crippen molar-refractivity contribution in [1.29, 1.82) is 5.41 Å². The summed E-state index contributed by atoms with van der Waals surface area (Å²) >= 11 is 5.91. The molecule has 0 spiro atoms. The zero-order valence-electron chi connectivity index (χ0n) is 17.7. The second-order valence-electron chi connectivity index (χ2n) is 7.29. The van der Waals surface area contributed by atoms with Crippen LogP contribution in [0.15, 0.2) is 78.9 Å². The SMILES string of the molecule is Cl.N=c1n(CCCOc2ccccc2)c2ccccc2n1CCCOc1ccc(Cl)cc1. The molecule has 0 atom stereocenters. The van der Waals surface area contributed by atoms with Gasteiger partial charge in [0.2, 0.25) is 5.62 Å². The van der Waals surface area contributed by atoms with Gasteiger partial charge in [0.25, 0.3) is 0 Å².